The molecular formula is C17H19ClF2N2O2. The third-order valence-electron chi connectivity index (χ3n) is 4.80. The lowest BCUT2D eigenvalue weighted by atomic mass is 9.77. The molecule has 1 N–H and O–H groups in total. The van der Waals surface area contributed by atoms with E-state index < -0.39 is 24.3 Å². The summed E-state index contributed by atoms with van der Waals surface area (Å²) in [5.74, 6) is -3.78. The fraction of sp³-hybridized carbons (Fsp3) is 0.529. The molecule has 0 bridgehead atoms. The van der Waals surface area contributed by atoms with E-state index in [4.69, 9.17) is 11.6 Å². The summed E-state index contributed by atoms with van der Waals surface area (Å²) < 4.78 is 28.2. The summed E-state index contributed by atoms with van der Waals surface area (Å²) >= 11 is 6.06. The minimum atomic E-state index is -3.04. The molecule has 7 heteroatoms. The average molecular weight is 357 g/mol. The van der Waals surface area contributed by atoms with Gasteiger partial charge in [0.2, 0.25) is 11.8 Å². The van der Waals surface area contributed by atoms with E-state index in [1.807, 2.05) is 12.1 Å². The Hall–Kier alpha value is -1.69. The molecule has 0 aromatic heterocycles. The Balaban J connectivity index is 1.70. The van der Waals surface area contributed by atoms with Crippen molar-refractivity contribution in [2.24, 2.45) is 5.41 Å². The van der Waals surface area contributed by atoms with Gasteiger partial charge in [-0.3, -0.25) is 9.59 Å². The topological polar surface area (TPSA) is 49.4 Å². The number of halogens is 3. The van der Waals surface area contributed by atoms with Crippen molar-refractivity contribution in [1.29, 1.82) is 0 Å². The Bertz CT molecular complexity index is 668. The molecule has 24 heavy (non-hydrogen) atoms. The zero-order valence-electron chi connectivity index (χ0n) is 13.2. The Kier molecular flexibility index (Phi) is 4.51. The Morgan fingerprint density at radius 1 is 1.29 bits per heavy atom. The van der Waals surface area contributed by atoms with Crippen LogP contribution in [-0.2, 0) is 16.0 Å². The molecule has 0 unspecified atom stereocenters. The van der Waals surface area contributed by atoms with E-state index in [0.717, 1.165) is 10.5 Å². The van der Waals surface area contributed by atoms with Gasteiger partial charge in [0, 0.05) is 31.0 Å². The van der Waals surface area contributed by atoms with Crippen molar-refractivity contribution in [3.63, 3.8) is 0 Å². The van der Waals surface area contributed by atoms with Crippen molar-refractivity contribution in [2.75, 3.05) is 19.6 Å². The Morgan fingerprint density at radius 3 is 2.71 bits per heavy atom. The highest BCUT2D eigenvalue weighted by Gasteiger charge is 2.55. The molecular weight excluding hydrogens is 338 g/mol. The first kappa shape index (κ1) is 17.1. The molecule has 3 rings (SSSR count). The van der Waals surface area contributed by atoms with Gasteiger partial charge in [0.05, 0.1) is 12.0 Å². The molecule has 2 aliphatic rings. The van der Waals surface area contributed by atoms with E-state index in [-0.39, 0.29) is 24.8 Å². The van der Waals surface area contributed by atoms with E-state index >= 15 is 0 Å². The molecule has 2 aliphatic heterocycles. The van der Waals surface area contributed by atoms with E-state index in [9.17, 15) is 18.4 Å². The number of aryl methyl sites for hydroxylation is 1. The summed E-state index contributed by atoms with van der Waals surface area (Å²) in [6.45, 7) is -0.171. The molecule has 2 fully saturated rings. The third-order valence-corrected chi connectivity index (χ3v) is 5.17. The summed E-state index contributed by atoms with van der Waals surface area (Å²) in [6, 6.07) is 7.15. The molecule has 0 aliphatic carbocycles. The van der Waals surface area contributed by atoms with Gasteiger partial charge in [-0.05, 0) is 24.5 Å². The lowest BCUT2D eigenvalue weighted by Crippen LogP contribution is -2.56. The van der Waals surface area contributed by atoms with Crippen LogP contribution in [-0.4, -0.2) is 42.3 Å². The number of nitrogens with zero attached hydrogens (tertiary/aromatic N) is 1. The fourth-order valence-electron chi connectivity index (χ4n) is 3.62. The van der Waals surface area contributed by atoms with Crippen molar-refractivity contribution >= 4 is 23.4 Å². The van der Waals surface area contributed by atoms with Gasteiger partial charge in [0.15, 0.2) is 0 Å². The van der Waals surface area contributed by atoms with Gasteiger partial charge < -0.3 is 10.2 Å². The quantitative estimate of drug-likeness (QED) is 0.905. The molecule has 2 saturated heterocycles. The normalized spacial score (nSPS) is 25.8. The van der Waals surface area contributed by atoms with Crippen molar-refractivity contribution in [3.8, 4) is 0 Å². The van der Waals surface area contributed by atoms with Crippen LogP contribution in [0.3, 0.4) is 0 Å². The van der Waals surface area contributed by atoms with Gasteiger partial charge in [-0.25, -0.2) is 8.78 Å². The van der Waals surface area contributed by atoms with Crippen LogP contribution in [0, 0.1) is 5.41 Å². The second kappa shape index (κ2) is 6.31. The molecule has 1 aromatic carbocycles. The summed E-state index contributed by atoms with van der Waals surface area (Å²) in [6.07, 6.45) is 0.340. The molecule has 4 nitrogen and oxygen atoms in total. The van der Waals surface area contributed by atoms with Crippen LogP contribution in [0.4, 0.5) is 8.78 Å². The van der Waals surface area contributed by atoms with Crippen LogP contribution in [0.1, 0.15) is 24.8 Å². The van der Waals surface area contributed by atoms with Gasteiger partial charge in [0.25, 0.3) is 5.92 Å². The largest absolute Gasteiger partial charge is 0.356 e. The molecule has 1 spiro atoms. The number of amides is 2. The molecule has 130 valence electrons. The highest BCUT2D eigenvalue weighted by molar-refractivity contribution is 6.31. The highest BCUT2D eigenvalue weighted by Crippen LogP contribution is 2.43. The first-order chi connectivity index (χ1) is 11.3. The monoisotopic (exact) mass is 356 g/mol. The number of nitrogens with one attached hydrogen (secondary N) is 1. The molecule has 0 radical (unpaired) electrons. The van der Waals surface area contributed by atoms with Crippen LogP contribution in [0.15, 0.2) is 24.3 Å². The summed E-state index contributed by atoms with van der Waals surface area (Å²) in [5, 5.41) is 3.17. The molecule has 1 atom stereocenters. The number of carbonyl (C=O) groups is 2. The van der Waals surface area contributed by atoms with Gasteiger partial charge in [-0.2, -0.15) is 0 Å². The predicted octanol–water partition coefficient (Wildman–Crippen LogP) is 2.65. The zero-order chi connectivity index (χ0) is 17.4. The van der Waals surface area contributed by atoms with Crippen LogP contribution in [0.5, 0.6) is 0 Å². The molecule has 2 amide bonds. The van der Waals surface area contributed by atoms with Gasteiger partial charge >= 0.3 is 0 Å². The standard InChI is InChI=1S/C17H19ClF2N2O2/c18-13-4-2-1-3-12(13)5-6-14(23)22-10-16(7-8-21-15(16)24)9-17(19,20)11-22/h1-4H,5-11H2,(H,21,24)/t16-/m0/s1. The maximum absolute atomic E-state index is 14.1. The van der Waals surface area contributed by atoms with E-state index in [1.165, 1.54) is 0 Å². The smallest absolute Gasteiger partial charge is 0.266 e. The molecule has 2 heterocycles. The van der Waals surface area contributed by atoms with Gasteiger partial charge in [-0.15, -0.1) is 0 Å². The van der Waals surface area contributed by atoms with Crippen molar-refractivity contribution in [1.82, 2.24) is 10.2 Å². The highest BCUT2D eigenvalue weighted by atomic mass is 35.5. The number of rotatable bonds is 3. The summed E-state index contributed by atoms with van der Waals surface area (Å²) in [7, 11) is 0. The number of likely N-dealkylation sites (tertiary alicyclic amines) is 1. The lowest BCUT2D eigenvalue weighted by Gasteiger charge is -2.42. The van der Waals surface area contributed by atoms with Gasteiger partial charge in [-0.1, -0.05) is 29.8 Å². The van der Waals surface area contributed by atoms with Crippen LogP contribution in [0.2, 0.25) is 5.02 Å². The average Bonchev–Trinajstić information content (AvgIpc) is 2.84. The number of carbonyl (C=O) groups excluding carboxylic acids is 2. The van der Waals surface area contributed by atoms with Crippen molar-refractivity contribution < 1.29 is 18.4 Å². The van der Waals surface area contributed by atoms with E-state index in [0.29, 0.717) is 24.4 Å². The number of hydrogen-bond acceptors (Lipinski definition) is 2. The zero-order valence-corrected chi connectivity index (χ0v) is 13.9. The second-order valence-electron chi connectivity index (χ2n) is 6.66. The van der Waals surface area contributed by atoms with Crippen LogP contribution >= 0.6 is 11.6 Å². The fourth-order valence-corrected chi connectivity index (χ4v) is 3.85. The van der Waals surface area contributed by atoms with E-state index in [1.54, 1.807) is 12.1 Å². The third kappa shape index (κ3) is 3.38. The van der Waals surface area contributed by atoms with Gasteiger partial charge in [0.1, 0.15) is 0 Å². The maximum Gasteiger partial charge on any atom is 0.266 e. The van der Waals surface area contributed by atoms with E-state index in [2.05, 4.69) is 5.32 Å². The number of hydrogen-bond donors (Lipinski definition) is 1. The predicted molar refractivity (Wildman–Crippen MR) is 86.0 cm³/mol. The summed E-state index contributed by atoms with van der Waals surface area (Å²) in [5.41, 5.74) is -0.341. The second-order valence-corrected chi connectivity index (χ2v) is 7.07. The first-order valence-corrected chi connectivity index (χ1v) is 8.36. The Labute approximate surface area is 144 Å². The lowest BCUT2D eigenvalue weighted by molar-refractivity contribution is -0.160. The van der Waals surface area contributed by atoms with Crippen LogP contribution < -0.4 is 5.32 Å². The summed E-state index contributed by atoms with van der Waals surface area (Å²) in [4.78, 5) is 25.6. The first-order valence-electron chi connectivity index (χ1n) is 7.99. The Morgan fingerprint density at radius 2 is 2.04 bits per heavy atom. The SMILES string of the molecule is O=C(CCc1ccccc1Cl)N1CC(F)(F)C[C@@]2(CCNC2=O)C1. The maximum atomic E-state index is 14.1. The number of piperidine rings is 1. The van der Waals surface area contributed by atoms with Crippen molar-refractivity contribution in [2.45, 2.75) is 31.6 Å². The van der Waals surface area contributed by atoms with Crippen molar-refractivity contribution in [3.05, 3.63) is 34.9 Å². The minimum absolute atomic E-state index is 0.0653. The molecule has 1 aromatic rings. The number of alkyl halides is 2. The molecule has 0 saturated carbocycles. The van der Waals surface area contributed by atoms with Crippen LogP contribution in [0.25, 0.3) is 0 Å². The number of benzene rings is 1. The minimum Gasteiger partial charge on any atom is -0.356 e.